The van der Waals surface area contributed by atoms with Gasteiger partial charge >= 0.3 is 6.03 Å². The first kappa shape index (κ1) is 26.1. The second-order valence-corrected chi connectivity index (χ2v) is 9.24. The summed E-state index contributed by atoms with van der Waals surface area (Å²) in [7, 11) is 0. The van der Waals surface area contributed by atoms with Crippen molar-refractivity contribution < 1.29 is 28.3 Å². The van der Waals surface area contributed by atoms with Gasteiger partial charge < -0.3 is 10.1 Å². The van der Waals surface area contributed by atoms with Crippen molar-refractivity contribution in [2.75, 3.05) is 16.8 Å². The van der Waals surface area contributed by atoms with Gasteiger partial charge in [-0.2, -0.15) is 0 Å². The Morgan fingerprint density at radius 1 is 1.11 bits per heavy atom. The fraction of sp³-hybridized carbons (Fsp3) is 0.0769. The van der Waals surface area contributed by atoms with Crippen LogP contribution in [-0.4, -0.2) is 30.4 Å². The minimum atomic E-state index is -0.907. The number of hydrogen-bond donors (Lipinski definition) is 2. The molecule has 1 saturated heterocycles. The van der Waals surface area contributed by atoms with Crippen molar-refractivity contribution in [3.63, 3.8) is 0 Å². The summed E-state index contributed by atoms with van der Waals surface area (Å²) >= 11 is 9.49. The summed E-state index contributed by atoms with van der Waals surface area (Å²) in [5.74, 6) is -2.48. The zero-order valence-electron chi connectivity index (χ0n) is 19.2. The normalized spacial score (nSPS) is 14.5. The minimum absolute atomic E-state index is 0.194. The number of carbonyl (C=O) groups is 4. The Morgan fingerprint density at radius 2 is 1.84 bits per heavy atom. The van der Waals surface area contributed by atoms with Crippen LogP contribution in [0, 0.1) is 12.7 Å². The summed E-state index contributed by atoms with van der Waals surface area (Å²) in [6, 6.07) is 13.8. The van der Waals surface area contributed by atoms with Crippen molar-refractivity contribution >= 4 is 68.7 Å². The Labute approximate surface area is 224 Å². The van der Waals surface area contributed by atoms with E-state index in [0.717, 1.165) is 10.5 Å². The predicted molar refractivity (Wildman–Crippen MR) is 140 cm³/mol. The highest BCUT2D eigenvalue weighted by atomic mass is 79.9. The number of aryl methyl sites for hydroxylation is 1. The van der Waals surface area contributed by atoms with Crippen molar-refractivity contribution in [3.05, 3.63) is 92.7 Å². The van der Waals surface area contributed by atoms with Gasteiger partial charge in [0.05, 0.1) is 5.69 Å². The molecular weight excluding hydrogens is 569 g/mol. The number of anilines is 2. The minimum Gasteiger partial charge on any atom is -0.483 e. The molecule has 0 spiro atoms. The number of carbonyl (C=O) groups excluding carboxylic acids is 4. The molecule has 1 aliphatic rings. The van der Waals surface area contributed by atoms with Gasteiger partial charge in [-0.1, -0.05) is 33.6 Å². The van der Waals surface area contributed by atoms with Crippen LogP contribution in [0.1, 0.15) is 11.1 Å². The third-order valence-corrected chi connectivity index (χ3v) is 6.17. The predicted octanol–water partition coefficient (Wildman–Crippen LogP) is 5.23. The quantitative estimate of drug-likeness (QED) is 0.304. The molecule has 0 saturated carbocycles. The van der Waals surface area contributed by atoms with Crippen LogP contribution in [0.3, 0.4) is 0 Å². The standard InChI is InChI=1S/C26H18BrClFN3O5/c1-14-2-8-19(12-21(14)28)32-25(35)20(24(34)31-26(32)36)11-15-10-16(27)3-9-22(15)37-13-23(33)30-18-6-4-17(29)5-7-18/h2-12H,13H2,1H3,(H,30,33)(H,31,34,36)/b20-11+. The molecule has 0 unspecified atom stereocenters. The molecule has 188 valence electrons. The highest BCUT2D eigenvalue weighted by Crippen LogP contribution is 2.29. The SMILES string of the molecule is Cc1ccc(N2C(=O)NC(=O)/C(=C\c3cc(Br)ccc3OCC(=O)Nc3ccc(F)cc3)C2=O)cc1Cl. The molecule has 5 amide bonds. The highest BCUT2D eigenvalue weighted by molar-refractivity contribution is 9.10. The molecule has 0 radical (unpaired) electrons. The lowest BCUT2D eigenvalue weighted by Crippen LogP contribution is -2.54. The summed E-state index contributed by atoms with van der Waals surface area (Å²) < 4.78 is 19.3. The van der Waals surface area contributed by atoms with Crippen molar-refractivity contribution in [3.8, 4) is 5.75 Å². The zero-order chi connectivity index (χ0) is 26.7. The third kappa shape index (κ3) is 6.04. The van der Waals surface area contributed by atoms with E-state index in [1.807, 2.05) is 0 Å². The molecule has 3 aromatic carbocycles. The van der Waals surface area contributed by atoms with Gasteiger partial charge in [0, 0.05) is 20.7 Å². The molecule has 2 N–H and O–H groups in total. The first-order chi connectivity index (χ1) is 17.6. The van der Waals surface area contributed by atoms with E-state index < -0.39 is 36.2 Å². The van der Waals surface area contributed by atoms with Gasteiger partial charge in [-0.05, 0) is 73.2 Å². The summed E-state index contributed by atoms with van der Waals surface area (Å²) in [5, 5.41) is 5.07. The number of rotatable bonds is 6. The number of amides is 5. The van der Waals surface area contributed by atoms with Crippen LogP contribution < -0.4 is 20.3 Å². The second-order valence-electron chi connectivity index (χ2n) is 7.92. The van der Waals surface area contributed by atoms with E-state index in [1.54, 1.807) is 37.3 Å². The molecule has 0 aromatic heterocycles. The molecule has 4 rings (SSSR count). The highest BCUT2D eigenvalue weighted by Gasteiger charge is 2.37. The smallest absolute Gasteiger partial charge is 0.335 e. The fourth-order valence-corrected chi connectivity index (χ4v) is 3.96. The average molecular weight is 587 g/mol. The largest absolute Gasteiger partial charge is 0.483 e. The van der Waals surface area contributed by atoms with E-state index in [2.05, 4.69) is 26.6 Å². The number of nitrogens with zero attached hydrogens (tertiary/aromatic N) is 1. The van der Waals surface area contributed by atoms with E-state index in [4.69, 9.17) is 16.3 Å². The number of hydrogen-bond acceptors (Lipinski definition) is 5. The summed E-state index contributed by atoms with van der Waals surface area (Å²) in [6.45, 7) is 1.37. The number of imide groups is 2. The number of benzene rings is 3. The average Bonchev–Trinajstić information content (AvgIpc) is 2.84. The van der Waals surface area contributed by atoms with E-state index in [9.17, 15) is 23.6 Å². The molecular formula is C26H18BrClFN3O5. The van der Waals surface area contributed by atoms with Crippen molar-refractivity contribution in [2.45, 2.75) is 6.92 Å². The van der Waals surface area contributed by atoms with E-state index in [0.29, 0.717) is 20.7 Å². The van der Waals surface area contributed by atoms with Crippen LogP contribution >= 0.6 is 27.5 Å². The Balaban J connectivity index is 1.58. The van der Waals surface area contributed by atoms with Gasteiger partial charge in [0.2, 0.25) is 0 Å². The lowest BCUT2D eigenvalue weighted by Gasteiger charge is -2.26. The number of nitrogens with one attached hydrogen (secondary N) is 2. The lowest BCUT2D eigenvalue weighted by atomic mass is 10.1. The van der Waals surface area contributed by atoms with Crippen LogP contribution in [-0.2, 0) is 14.4 Å². The second kappa shape index (κ2) is 10.9. The van der Waals surface area contributed by atoms with Crippen LogP contribution in [0.5, 0.6) is 5.75 Å². The van der Waals surface area contributed by atoms with Gasteiger partial charge in [0.1, 0.15) is 17.1 Å². The van der Waals surface area contributed by atoms with E-state index in [1.165, 1.54) is 36.4 Å². The maximum Gasteiger partial charge on any atom is 0.335 e. The number of urea groups is 1. The Kier molecular flexibility index (Phi) is 7.70. The molecule has 1 fully saturated rings. The van der Waals surface area contributed by atoms with Crippen molar-refractivity contribution in [1.29, 1.82) is 0 Å². The molecule has 1 heterocycles. The van der Waals surface area contributed by atoms with Gasteiger partial charge in [-0.25, -0.2) is 14.1 Å². The molecule has 8 nitrogen and oxygen atoms in total. The van der Waals surface area contributed by atoms with Gasteiger partial charge in [-0.15, -0.1) is 0 Å². The molecule has 1 aliphatic heterocycles. The lowest BCUT2D eigenvalue weighted by molar-refractivity contribution is -0.122. The van der Waals surface area contributed by atoms with Gasteiger partial charge in [0.25, 0.3) is 17.7 Å². The summed E-state index contributed by atoms with van der Waals surface area (Å²) in [6.07, 6.45) is 1.27. The van der Waals surface area contributed by atoms with Crippen LogP contribution in [0.25, 0.3) is 6.08 Å². The fourth-order valence-electron chi connectivity index (χ4n) is 3.41. The molecule has 0 atom stereocenters. The van der Waals surface area contributed by atoms with E-state index in [-0.39, 0.29) is 17.0 Å². The number of ether oxygens (including phenoxy) is 1. The van der Waals surface area contributed by atoms with E-state index >= 15 is 0 Å². The molecule has 0 bridgehead atoms. The zero-order valence-corrected chi connectivity index (χ0v) is 21.5. The third-order valence-electron chi connectivity index (χ3n) is 5.27. The molecule has 0 aliphatic carbocycles. The van der Waals surface area contributed by atoms with Crippen LogP contribution in [0.15, 0.2) is 70.7 Å². The van der Waals surface area contributed by atoms with Crippen molar-refractivity contribution in [2.24, 2.45) is 0 Å². The monoisotopic (exact) mass is 585 g/mol. The maximum atomic E-state index is 13.2. The van der Waals surface area contributed by atoms with Gasteiger partial charge in [0.15, 0.2) is 6.61 Å². The first-order valence-electron chi connectivity index (χ1n) is 10.8. The number of barbiturate groups is 1. The summed E-state index contributed by atoms with van der Waals surface area (Å²) in [5.41, 5.74) is 1.31. The van der Waals surface area contributed by atoms with Crippen molar-refractivity contribution in [1.82, 2.24) is 5.32 Å². The van der Waals surface area contributed by atoms with Crippen LogP contribution in [0.2, 0.25) is 5.02 Å². The maximum absolute atomic E-state index is 13.2. The molecule has 37 heavy (non-hydrogen) atoms. The van der Waals surface area contributed by atoms with Crippen LogP contribution in [0.4, 0.5) is 20.6 Å². The Bertz CT molecular complexity index is 1460. The van der Waals surface area contributed by atoms with Gasteiger partial charge in [-0.3, -0.25) is 19.7 Å². The first-order valence-corrected chi connectivity index (χ1v) is 11.9. The number of halogens is 3. The Hall–Kier alpha value is -4.02. The Morgan fingerprint density at radius 3 is 2.54 bits per heavy atom. The topological polar surface area (TPSA) is 105 Å². The molecule has 11 heteroatoms. The summed E-state index contributed by atoms with van der Waals surface area (Å²) in [4.78, 5) is 51.4. The molecule has 3 aromatic rings.